The van der Waals surface area contributed by atoms with E-state index in [1.807, 2.05) is 57.4 Å². The minimum absolute atomic E-state index is 0.0309. The second-order valence-electron chi connectivity index (χ2n) is 9.38. The van der Waals surface area contributed by atoms with E-state index in [1.54, 1.807) is 0 Å². The Morgan fingerprint density at radius 2 is 1.94 bits per heavy atom. The standard InChI is InChI=1S/C27H28N4O3/c1-16(32-19-9-7-17-8-10-23(28-4)30-21(17)14-19)20-15-22(25-24(20)33-27(2,3)34-25)31-13-11-18-6-5-12-29-26(18)31/h5-16,22,24-25H,1-4H3,(H,28,30)/t16?,22-,24-,25+/m1/s1. The zero-order valence-electron chi connectivity index (χ0n) is 19.7. The van der Waals surface area contributed by atoms with Crippen molar-refractivity contribution in [2.24, 2.45) is 0 Å². The van der Waals surface area contributed by atoms with Crippen LogP contribution in [0.3, 0.4) is 0 Å². The largest absolute Gasteiger partial charge is 0.486 e. The molecule has 1 aliphatic heterocycles. The molecule has 1 N–H and O–H groups in total. The average Bonchev–Trinajstić information content (AvgIpc) is 3.49. The van der Waals surface area contributed by atoms with Crippen LogP contribution in [0.15, 0.2) is 72.6 Å². The second kappa shape index (κ2) is 7.82. The molecular weight excluding hydrogens is 428 g/mol. The Morgan fingerprint density at radius 1 is 1.09 bits per heavy atom. The number of aromatic nitrogens is 3. The molecule has 4 heterocycles. The molecule has 4 atom stereocenters. The Labute approximate surface area is 198 Å². The molecule has 0 bridgehead atoms. The highest BCUT2D eigenvalue weighted by Gasteiger charge is 2.52. The summed E-state index contributed by atoms with van der Waals surface area (Å²) in [4.78, 5) is 9.26. The number of anilines is 1. The lowest BCUT2D eigenvalue weighted by atomic mass is 10.1. The van der Waals surface area contributed by atoms with Crippen LogP contribution in [0.2, 0.25) is 0 Å². The highest BCUT2D eigenvalue weighted by Crippen LogP contribution is 2.45. The van der Waals surface area contributed by atoms with E-state index < -0.39 is 5.79 Å². The van der Waals surface area contributed by atoms with Crippen LogP contribution in [0, 0.1) is 0 Å². The summed E-state index contributed by atoms with van der Waals surface area (Å²) in [6.07, 6.45) is 5.59. The number of hydrogen-bond donors (Lipinski definition) is 1. The van der Waals surface area contributed by atoms with Crippen molar-refractivity contribution in [3.63, 3.8) is 0 Å². The van der Waals surface area contributed by atoms with Crippen LogP contribution in [0.4, 0.5) is 5.82 Å². The van der Waals surface area contributed by atoms with Crippen LogP contribution >= 0.6 is 0 Å². The maximum Gasteiger partial charge on any atom is 0.164 e. The molecule has 1 saturated heterocycles. The quantitative estimate of drug-likeness (QED) is 0.422. The number of pyridine rings is 2. The van der Waals surface area contributed by atoms with Gasteiger partial charge in [0.15, 0.2) is 5.79 Å². The lowest BCUT2D eigenvalue weighted by Crippen LogP contribution is -2.30. The Balaban J connectivity index is 1.33. The summed E-state index contributed by atoms with van der Waals surface area (Å²) in [7, 11) is 1.87. The summed E-state index contributed by atoms with van der Waals surface area (Å²) >= 11 is 0. The van der Waals surface area contributed by atoms with E-state index in [9.17, 15) is 0 Å². The van der Waals surface area contributed by atoms with E-state index in [0.717, 1.165) is 39.1 Å². The molecule has 0 saturated carbocycles. The Hall–Kier alpha value is -3.42. The van der Waals surface area contributed by atoms with Crippen LogP contribution in [-0.4, -0.2) is 45.7 Å². The molecule has 1 fully saturated rings. The molecule has 0 amide bonds. The molecule has 3 aromatic heterocycles. The molecule has 6 rings (SSSR count). The summed E-state index contributed by atoms with van der Waals surface area (Å²) in [5, 5.41) is 5.26. The SMILES string of the molecule is CNc1ccc2ccc(OC(C)C3=C[C@@H](n4ccc5cccnc54)[C@@H]4OC(C)(C)O[C@H]34)cc2n1. The van der Waals surface area contributed by atoms with E-state index in [0.29, 0.717) is 0 Å². The topological polar surface area (TPSA) is 70.4 Å². The lowest BCUT2D eigenvalue weighted by molar-refractivity contribution is -0.148. The molecular formula is C27H28N4O3. The first-order chi connectivity index (χ1) is 16.4. The van der Waals surface area contributed by atoms with Gasteiger partial charge in [-0.1, -0.05) is 6.08 Å². The fraction of sp³-hybridized carbons (Fsp3) is 0.333. The smallest absolute Gasteiger partial charge is 0.164 e. The maximum absolute atomic E-state index is 6.42. The second-order valence-corrected chi connectivity index (χ2v) is 9.38. The van der Waals surface area contributed by atoms with Gasteiger partial charge in [-0.3, -0.25) is 0 Å². The first kappa shape index (κ1) is 21.1. The maximum atomic E-state index is 6.42. The number of nitrogens with zero attached hydrogens (tertiary/aromatic N) is 3. The number of fused-ring (bicyclic) bond motifs is 3. The molecule has 4 aromatic rings. The van der Waals surface area contributed by atoms with Crippen LogP contribution in [0.5, 0.6) is 5.75 Å². The van der Waals surface area contributed by atoms with Gasteiger partial charge in [-0.2, -0.15) is 0 Å². The van der Waals surface area contributed by atoms with Gasteiger partial charge in [0, 0.05) is 36.3 Å². The third-order valence-corrected chi connectivity index (χ3v) is 6.66. The summed E-state index contributed by atoms with van der Waals surface area (Å²) in [5.41, 5.74) is 2.90. The number of rotatable bonds is 5. The average molecular weight is 457 g/mol. The normalized spacial score (nSPS) is 24.2. The Kier molecular flexibility index (Phi) is 4.86. The van der Waals surface area contributed by atoms with Crippen LogP contribution in [0.25, 0.3) is 21.9 Å². The van der Waals surface area contributed by atoms with Crippen molar-refractivity contribution in [3.05, 3.63) is 72.6 Å². The number of hydrogen-bond acceptors (Lipinski definition) is 6. The van der Waals surface area contributed by atoms with Crippen molar-refractivity contribution < 1.29 is 14.2 Å². The molecule has 1 unspecified atom stereocenters. The van der Waals surface area contributed by atoms with Gasteiger partial charge in [-0.05, 0) is 68.8 Å². The Bertz CT molecular complexity index is 1410. The fourth-order valence-electron chi connectivity index (χ4n) is 5.10. The number of benzene rings is 1. The van der Waals surface area contributed by atoms with E-state index in [4.69, 9.17) is 14.2 Å². The van der Waals surface area contributed by atoms with Gasteiger partial charge in [0.2, 0.25) is 0 Å². The van der Waals surface area contributed by atoms with Crippen LogP contribution in [-0.2, 0) is 9.47 Å². The summed E-state index contributed by atoms with van der Waals surface area (Å²) in [6.45, 7) is 5.99. The summed E-state index contributed by atoms with van der Waals surface area (Å²) in [5.74, 6) is 0.931. The first-order valence-electron chi connectivity index (χ1n) is 11.7. The predicted octanol–water partition coefficient (Wildman–Crippen LogP) is 5.09. The summed E-state index contributed by atoms with van der Waals surface area (Å²) < 4.78 is 21.3. The zero-order chi connectivity index (χ0) is 23.4. The highest BCUT2D eigenvalue weighted by atomic mass is 16.8. The number of nitrogens with one attached hydrogen (secondary N) is 1. The third kappa shape index (κ3) is 3.52. The van der Waals surface area contributed by atoms with Crippen molar-refractivity contribution in [2.45, 2.75) is 50.9 Å². The van der Waals surface area contributed by atoms with Crippen molar-refractivity contribution in [1.29, 1.82) is 0 Å². The van der Waals surface area contributed by atoms with Gasteiger partial charge in [-0.25, -0.2) is 9.97 Å². The first-order valence-corrected chi connectivity index (χ1v) is 11.7. The van der Waals surface area contributed by atoms with Crippen LogP contribution < -0.4 is 10.1 Å². The highest BCUT2D eigenvalue weighted by molar-refractivity contribution is 5.81. The molecule has 0 spiro atoms. The van der Waals surface area contributed by atoms with E-state index in [1.165, 1.54) is 0 Å². The van der Waals surface area contributed by atoms with E-state index in [-0.39, 0.29) is 24.4 Å². The van der Waals surface area contributed by atoms with Gasteiger partial charge in [-0.15, -0.1) is 0 Å². The monoisotopic (exact) mass is 456 g/mol. The molecule has 1 aliphatic carbocycles. The van der Waals surface area contributed by atoms with Gasteiger partial charge in [0.25, 0.3) is 0 Å². The van der Waals surface area contributed by atoms with Crippen LogP contribution in [0.1, 0.15) is 26.8 Å². The molecule has 7 nitrogen and oxygen atoms in total. The minimum atomic E-state index is -0.667. The fourth-order valence-corrected chi connectivity index (χ4v) is 5.10. The molecule has 174 valence electrons. The minimum Gasteiger partial charge on any atom is -0.486 e. The third-order valence-electron chi connectivity index (χ3n) is 6.66. The van der Waals surface area contributed by atoms with Gasteiger partial charge < -0.3 is 24.1 Å². The zero-order valence-corrected chi connectivity index (χ0v) is 19.7. The van der Waals surface area contributed by atoms with Crippen molar-refractivity contribution in [2.75, 3.05) is 12.4 Å². The van der Waals surface area contributed by atoms with Crippen molar-refractivity contribution >= 4 is 27.8 Å². The molecule has 2 aliphatic rings. The molecule has 1 aromatic carbocycles. The summed E-state index contributed by atoms with van der Waals surface area (Å²) in [6, 6.07) is 16.1. The molecule has 0 radical (unpaired) electrons. The van der Waals surface area contributed by atoms with Crippen molar-refractivity contribution in [3.8, 4) is 5.75 Å². The van der Waals surface area contributed by atoms with Crippen molar-refractivity contribution in [1.82, 2.24) is 14.5 Å². The molecule has 34 heavy (non-hydrogen) atoms. The Morgan fingerprint density at radius 3 is 2.79 bits per heavy atom. The van der Waals surface area contributed by atoms with Gasteiger partial charge in [0.1, 0.15) is 35.5 Å². The van der Waals surface area contributed by atoms with Gasteiger partial charge in [0.05, 0.1) is 11.6 Å². The van der Waals surface area contributed by atoms with E-state index in [2.05, 4.69) is 57.2 Å². The lowest BCUT2D eigenvalue weighted by Gasteiger charge is -2.23. The molecule has 7 heteroatoms. The predicted molar refractivity (Wildman–Crippen MR) is 132 cm³/mol. The van der Waals surface area contributed by atoms with Gasteiger partial charge >= 0.3 is 0 Å². The number of ether oxygens (including phenoxy) is 3. The van der Waals surface area contributed by atoms with E-state index >= 15 is 0 Å².